The first-order chi connectivity index (χ1) is 12.5. The zero-order valence-corrected chi connectivity index (χ0v) is 16.8. The number of Topliss-reactive ketones (excluding diaryl/α,β-unsaturated/α-hetero) is 1. The minimum atomic E-state index is -0.0957. The molecule has 0 N–H and O–H groups in total. The van der Waals surface area contributed by atoms with E-state index < -0.39 is 0 Å². The molecule has 4 nitrogen and oxygen atoms in total. The first kappa shape index (κ1) is 19.2. The molecule has 3 rings (SSSR count). The first-order valence-electron chi connectivity index (χ1n) is 7.80. The molecule has 0 radical (unpaired) electrons. The van der Waals surface area contributed by atoms with E-state index in [2.05, 4.69) is 10.2 Å². The summed E-state index contributed by atoms with van der Waals surface area (Å²) in [4.78, 5) is 12.5. The van der Waals surface area contributed by atoms with Gasteiger partial charge < -0.3 is 4.57 Å². The van der Waals surface area contributed by atoms with Crippen LogP contribution in [0.5, 0.6) is 0 Å². The number of ketones is 1. The van der Waals surface area contributed by atoms with Crippen LogP contribution in [0.3, 0.4) is 0 Å². The van der Waals surface area contributed by atoms with Crippen molar-refractivity contribution in [1.29, 1.82) is 0 Å². The SMILES string of the molecule is CCn1c(SCC(=O)c2ccc(Cl)cc2Cl)nnc1-c1ccccc1Cl. The molecule has 0 aliphatic rings. The van der Waals surface area contributed by atoms with Gasteiger partial charge in [-0.3, -0.25) is 4.79 Å². The second kappa shape index (κ2) is 8.44. The zero-order chi connectivity index (χ0) is 18.7. The van der Waals surface area contributed by atoms with E-state index in [-0.39, 0.29) is 11.5 Å². The fraction of sp³-hybridized carbons (Fsp3) is 0.167. The summed E-state index contributed by atoms with van der Waals surface area (Å²) in [6.45, 7) is 2.65. The minimum absolute atomic E-state index is 0.0957. The molecule has 26 heavy (non-hydrogen) atoms. The van der Waals surface area contributed by atoms with Gasteiger partial charge in [-0.15, -0.1) is 10.2 Å². The summed E-state index contributed by atoms with van der Waals surface area (Å²) in [6.07, 6.45) is 0. The highest BCUT2D eigenvalue weighted by Gasteiger charge is 2.17. The Balaban J connectivity index is 1.81. The van der Waals surface area contributed by atoms with Crippen molar-refractivity contribution in [2.45, 2.75) is 18.6 Å². The Hall–Kier alpha value is -1.53. The van der Waals surface area contributed by atoms with Crippen LogP contribution >= 0.6 is 46.6 Å². The van der Waals surface area contributed by atoms with Crippen LogP contribution in [-0.4, -0.2) is 26.3 Å². The van der Waals surface area contributed by atoms with E-state index >= 15 is 0 Å². The lowest BCUT2D eigenvalue weighted by Gasteiger charge is -2.08. The average molecular weight is 427 g/mol. The maximum atomic E-state index is 12.5. The summed E-state index contributed by atoms with van der Waals surface area (Å²) in [5.41, 5.74) is 1.25. The van der Waals surface area contributed by atoms with Crippen LogP contribution in [0.25, 0.3) is 11.4 Å². The number of carbonyl (C=O) groups is 1. The minimum Gasteiger partial charge on any atom is -0.302 e. The Morgan fingerprint density at radius 1 is 1.08 bits per heavy atom. The van der Waals surface area contributed by atoms with Crippen LogP contribution in [0.2, 0.25) is 15.1 Å². The molecule has 0 spiro atoms. The fourth-order valence-electron chi connectivity index (χ4n) is 2.45. The quantitative estimate of drug-likeness (QED) is 0.363. The zero-order valence-electron chi connectivity index (χ0n) is 13.7. The van der Waals surface area contributed by atoms with Gasteiger partial charge in [-0.25, -0.2) is 0 Å². The number of nitrogens with zero attached hydrogens (tertiary/aromatic N) is 3. The van der Waals surface area contributed by atoms with Crippen molar-refractivity contribution in [3.05, 3.63) is 63.1 Å². The third-order valence-electron chi connectivity index (χ3n) is 3.71. The monoisotopic (exact) mass is 425 g/mol. The van der Waals surface area contributed by atoms with E-state index in [0.29, 0.717) is 38.2 Å². The lowest BCUT2D eigenvalue weighted by Crippen LogP contribution is -2.06. The Kier molecular flexibility index (Phi) is 6.24. The van der Waals surface area contributed by atoms with Gasteiger partial charge in [0.2, 0.25) is 0 Å². The highest BCUT2D eigenvalue weighted by atomic mass is 35.5. The number of hydrogen-bond donors (Lipinski definition) is 0. The van der Waals surface area contributed by atoms with Crippen molar-refractivity contribution >= 4 is 52.3 Å². The van der Waals surface area contributed by atoms with E-state index in [0.717, 1.165) is 5.56 Å². The molecule has 0 saturated carbocycles. The van der Waals surface area contributed by atoms with Gasteiger partial charge in [0.1, 0.15) is 0 Å². The van der Waals surface area contributed by atoms with Crippen LogP contribution in [0.15, 0.2) is 47.6 Å². The smallest absolute Gasteiger partial charge is 0.191 e. The van der Waals surface area contributed by atoms with Gasteiger partial charge in [-0.1, -0.05) is 58.7 Å². The molecule has 0 fully saturated rings. The molecule has 3 aromatic rings. The van der Waals surface area contributed by atoms with Crippen LogP contribution in [-0.2, 0) is 6.54 Å². The lowest BCUT2D eigenvalue weighted by molar-refractivity contribution is 0.102. The van der Waals surface area contributed by atoms with Crippen molar-refractivity contribution in [2.75, 3.05) is 5.75 Å². The van der Waals surface area contributed by atoms with Gasteiger partial charge >= 0.3 is 0 Å². The highest BCUT2D eigenvalue weighted by molar-refractivity contribution is 7.99. The predicted molar refractivity (Wildman–Crippen MR) is 108 cm³/mol. The Morgan fingerprint density at radius 3 is 2.54 bits per heavy atom. The van der Waals surface area contributed by atoms with Crippen molar-refractivity contribution in [2.24, 2.45) is 0 Å². The van der Waals surface area contributed by atoms with Gasteiger partial charge in [0.05, 0.1) is 15.8 Å². The topological polar surface area (TPSA) is 47.8 Å². The molecule has 0 atom stereocenters. The number of carbonyl (C=O) groups excluding carboxylic acids is 1. The molecule has 8 heteroatoms. The molecule has 0 aliphatic heterocycles. The number of benzene rings is 2. The van der Waals surface area contributed by atoms with E-state index in [1.54, 1.807) is 18.2 Å². The standard InChI is InChI=1S/C18H14Cl3N3OS/c1-2-24-17(13-5-3-4-6-14(13)20)22-23-18(24)26-10-16(25)12-8-7-11(19)9-15(12)21/h3-9H,2,10H2,1H3. The Morgan fingerprint density at radius 2 is 1.85 bits per heavy atom. The lowest BCUT2D eigenvalue weighted by atomic mass is 10.1. The molecule has 0 bridgehead atoms. The summed E-state index contributed by atoms with van der Waals surface area (Å²) in [5.74, 6) is 0.779. The molecule has 2 aromatic carbocycles. The second-order valence-electron chi connectivity index (χ2n) is 5.37. The Labute approximate surface area is 170 Å². The summed E-state index contributed by atoms with van der Waals surface area (Å²) in [7, 11) is 0. The first-order valence-corrected chi connectivity index (χ1v) is 9.92. The van der Waals surface area contributed by atoms with E-state index in [1.807, 2.05) is 35.8 Å². The summed E-state index contributed by atoms with van der Waals surface area (Å²) in [5, 5.41) is 10.6. The van der Waals surface area contributed by atoms with E-state index in [9.17, 15) is 4.79 Å². The third-order valence-corrected chi connectivity index (χ3v) is 5.56. The molecule has 134 valence electrons. The van der Waals surface area contributed by atoms with Crippen LogP contribution in [0.1, 0.15) is 17.3 Å². The largest absolute Gasteiger partial charge is 0.302 e. The van der Waals surface area contributed by atoms with E-state index in [1.165, 1.54) is 11.8 Å². The number of aromatic nitrogens is 3. The molecule has 0 aliphatic carbocycles. The summed E-state index contributed by atoms with van der Waals surface area (Å²) >= 11 is 19.6. The van der Waals surface area contributed by atoms with Crippen LogP contribution in [0.4, 0.5) is 0 Å². The highest BCUT2D eigenvalue weighted by Crippen LogP contribution is 2.30. The fourth-order valence-corrected chi connectivity index (χ4v) is 4.07. The van der Waals surface area contributed by atoms with Crippen LogP contribution < -0.4 is 0 Å². The molecular formula is C18H14Cl3N3OS. The van der Waals surface area contributed by atoms with Gasteiger partial charge in [0.15, 0.2) is 16.8 Å². The molecule has 1 heterocycles. The average Bonchev–Trinajstić information content (AvgIpc) is 3.02. The predicted octanol–water partition coefficient (Wildman–Crippen LogP) is 5.90. The van der Waals surface area contributed by atoms with Gasteiger partial charge in [0.25, 0.3) is 0 Å². The van der Waals surface area contributed by atoms with Crippen molar-refractivity contribution in [1.82, 2.24) is 14.8 Å². The van der Waals surface area contributed by atoms with Gasteiger partial charge in [-0.05, 0) is 37.3 Å². The summed E-state index contributed by atoms with van der Waals surface area (Å²) in [6, 6.07) is 12.3. The van der Waals surface area contributed by atoms with Crippen molar-refractivity contribution in [3.63, 3.8) is 0 Å². The van der Waals surface area contributed by atoms with E-state index in [4.69, 9.17) is 34.8 Å². The van der Waals surface area contributed by atoms with Crippen molar-refractivity contribution in [3.8, 4) is 11.4 Å². The molecular weight excluding hydrogens is 413 g/mol. The van der Waals surface area contributed by atoms with Crippen molar-refractivity contribution < 1.29 is 4.79 Å². The molecule has 0 amide bonds. The number of hydrogen-bond acceptors (Lipinski definition) is 4. The second-order valence-corrected chi connectivity index (χ2v) is 7.56. The summed E-state index contributed by atoms with van der Waals surface area (Å²) < 4.78 is 1.93. The van der Waals surface area contributed by atoms with Crippen LogP contribution in [0, 0.1) is 0 Å². The molecule has 0 saturated heterocycles. The number of rotatable bonds is 6. The van der Waals surface area contributed by atoms with Gasteiger partial charge in [-0.2, -0.15) is 0 Å². The normalized spacial score (nSPS) is 10.9. The Bertz CT molecular complexity index is 959. The maximum Gasteiger partial charge on any atom is 0.191 e. The molecule has 0 unspecified atom stereocenters. The molecule has 1 aromatic heterocycles. The number of thioether (sulfide) groups is 1. The maximum absolute atomic E-state index is 12.5. The third kappa shape index (κ3) is 4.07. The number of halogens is 3. The van der Waals surface area contributed by atoms with Gasteiger partial charge in [0, 0.05) is 22.7 Å².